The number of hydrogen-bond donors (Lipinski definition) is 1. The molecule has 0 aliphatic heterocycles. The number of carbonyl (C=O) groups excluding carboxylic acids is 1. The third-order valence-electron chi connectivity index (χ3n) is 1.77. The van der Waals surface area contributed by atoms with Crippen LogP contribution in [0, 0.1) is 12.7 Å². The van der Waals surface area contributed by atoms with Gasteiger partial charge in [-0.3, -0.25) is 4.79 Å². The first-order valence-corrected chi connectivity index (χ1v) is 3.63. The molecule has 0 saturated heterocycles. The van der Waals surface area contributed by atoms with Crippen LogP contribution in [0.2, 0.25) is 0 Å². The van der Waals surface area contributed by atoms with Gasteiger partial charge in [0.2, 0.25) is 0 Å². The van der Waals surface area contributed by atoms with Gasteiger partial charge in [0.25, 0.3) is 0 Å². The van der Waals surface area contributed by atoms with E-state index in [-0.39, 0.29) is 12.4 Å². The van der Waals surface area contributed by atoms with E-state index in [2.05, 4.69) is 0 Å². The summed E-state index contributed by atoms with van der Waals surface area (Å²) in [5, 5.41) is 0. The smallest absolute Gasteiger partial charge is 0.150 e. The molecule has 0 atom stereocenters. The fourth-order valence-electron chi connectivity index (χ4n) is 1.04. The zero-order valence-electron chi connectivity index (χ0n) is 6.80. The second kappa shape index (κ2) is 3.45. The van der Waals surface area contributed by atoms with Crippen molar-refractivity contribution in [1.29, 1.82) is 0 Å². The molecule has 0 unspecified atom stereocenters. The normalized spacial score (nSPS) is 9.92. The second-order valence-corrected chi connectivity index (χ2v) is 2.62. The molecule has 3 heteroatoms. The molecule has 0 aliphatic rings. The van der Waals surface area contributed by atoms with Crippen LogP contribution in [-0.4, -0.2) is 6.29 Å². The fraction of sp³-hybridized carbons (Fsp3) is 0.222. The first-order chi connectivity index (χ1) is 5.69. The van der Waals surface area contributed by atoms with Crippen LogP contribution in [0.3, 0.4) is 0 Å². The quantitative estimate of drug-likeness (QED) is 0.676. The van der Waals surface area contributed by atoms with Gasteiger partial charge in [-0.25, -0.2) is 4.39 Å². The van der Waals surface area contributed by atoms with Crippen LogP contribution < -0.4 is 5.73 Å². The maximum absolute atomic E-state index is 12.9. The minimum Gasteiger partial charge on any atom is -0.326 e. The highest BCUT2D eigenvalue weighted by atomic mass is 19.1. The van der Waals surface area contributed by atoms with E-state index >= 15 is 0 Å². The average Bonchev–Trinajstić information content (AvgIpc) is 2.09. The summed E-state index contributed by atoms with van der Waals surface area (Å²) in [4.78, 5) is 10.4. The summed E-state index contributed by atoms with van der Waals surface area (Å²) in [5.74, 6) is -0.366. The molecule has 64 valence electrons. The highest BCUT2D eigenvalue weighted by molar-refractivity contribution is 5.77. The van der Waals surface area contributed by atoms with E-state index in [0.29, 0.717) is 23.0 Å². The predicted molar refractivity (Wildman–Crippen MR) is 44.4 cm³/mol. The van der Waals surface area contributed by atoms with Crippen molar-refractivity contribution in [3.8, 4) is 0 Å². The summed E-state index contributed by atoms with van der Waals surface area (Å²) < 4.78 is 12.9. The van der Waals surface area contributed by atoms with E-state index < -0.39 is 0 Å². The third kappa shape index (κ3) is 1.51. The van der Waals surface area contributed by atoms with E-state index in [1.165, 1.54) is 6.07 Å². The van der Waals surface area contributed by atoms with E-state index in [9.17, 15) is 9.18 Å². The third-order valence-corrected chi connectivity index (χ3v) is 1.77. The molecule has 2 nitrogen and oxygen atoms in total. The number of carbonyl (C=O) groups is 1. The number of aryl methyl sites for hydroxylation is 1. The molecule has 1 aromatic carbocycles. The first-order valence-electron chi connectivity index (χ1n) is 3.63. The van der Waals surface area contributed by atoms with Gasteiger partial charge in [-0.15, -0.1) is 0 Å². The lowest BCUT2D eigenvalue weighted by Crippen LogP contribution is -2.02. The molecule has 1 rings (SSSR count). The van der Waals surface area contributed by atoms with Crippen LogP contribution in [0.5, 0.6) is 0 Å². The standard InChI is InChI=1S/C9H10FNO/c1-6-2-7(4-11)8(5-12)3-9(6)10/h2-3,5H,4,11H2,1H3. The highest BCUT2D eigenvalue weighted by Gasteiger charge is 2.04. The van der Waals surface area contributed by atoms with Gasteiger partial charge >= 0.3 is 0 Å². The van der Waals surface area contributed by atoms with Gasteiger partial charge in [0.05, 0.1) is 0 Å². The van der Waals surface area contributed by atoms with Crippen molar-refractivity contribution in [2.45, 2.75) is 13.5 Å². The fourth-order valence-corrected chi connectivity index (χ4v) is 1.04. The Bertz CT molecular complexity index is 310. The lowest BCUT2D eigenvalue weighted by atomic mass is 10.1. The number of nitrogens with two attached hydrogens (primary N) is 1. The van der Waals surface area contributed by atoms with Crippen molar-refractivity contribution in [2.75, 3.05) is 0 Å². The van der Waals surface area contributed by atoms with E-state index in [1.54, 1.807) is 13.0 Å². The molecule has 0 aliphatic carbocycles. The predicted octanol–water partition coefficient (Wildman–Crippen LogP) is 1.41. The Kier molecular flexibility index (Phi) is 2.55. The Balaban J connectivity index is 3.28. The zero-order chi connectivity index (χ0) is 9.14. The monoisotopic (exact) mass is 167 g/mol. The van der Waals surface area contributed by atoms with Gasteiger partial charge in [0.1, 0.15) is 12.1 Å². The molecule has 0 heterocycles. The Morgan fingerprint density at radius 1 is 1.58 bits per heavy atom. The summed E-state index contributed by atoms with van der Waals surface area (Å²) in [7, 11) is 0. The summed E-state index contributed by atoms with van der Waals surface area (Å²) in [6.45, 7) is 1.90. The molecule has 0 saturated carbocycles. The molecule has 0 amide bonds. The molecule has 0 aromatic heterocycles. The Morgan fingerprint density at radius 3 is 2.75 bits per heavy atom. The minimum atomic E-state index is -0.366. The SMILES string of the molecule is Cc1cc(CN)c(C=O)cc1F. The number of benzene rings is 1. The second-order valence-electron chi connectivity index (χ2n) is 2.62. The lowest BCUT2D eigenvalue weighted by Gasteiger charge is -2.03. The van der Waals surface area contributed by atoms with Crippen LogP contribution in [-0.2, 0) is 6.54 Å². The molecular formula is C9H10FNO. The molecule has 0 fully saturated rings. The summed E-state index contributed by atoms with van der Waals surface area (Å²) >= 11 is 0. The van der Waals surface area contributed by atoms with Crippen molar-refractivity contribution in [3.05, 3.63) is 34.6 Å². The summed E-state index contributed by atoms with van der Waals surface area (Å²) in [5.41, 5.74) is 6.90. The number of hydrogen-bond acceptors (Lipinski definition) is 2. The van der Waals surface area contributed by atoms with Crippen LogP contribution in [0.15, 0.2) is 12.1 Å². The molecule has 1 aromatic rings. The van der Waals surface area contributed by atoms with E-state index in [0.717, 1.165) is 0 Å². The molecule has 0 spiro atoms. The molecule has 12 heavy (non-hydrogen) atoms. The highest BCUT2D eigenvalue weighted by Crippen LogP contribution is 2.13. The Hall–Kier alpha value is -1.22. The number of halogens is 1. The number of rotatable bonds is 2. The van der Waals surface area contributed by atoms with Crippen molar-refractivity contribution >= 4 is 6.29 Å². The topological polar surface area (TPSA) is 43.1 Å². The lowest BCUT2D eigenvalue weighted by molar-refractivity contribution is 0.112. The average molecular weight is 167 g/mol. The van der Waals surface area contributed by atoms with Gasteiger partial charge in [0, 0.05) is 12.1 Å². The van der Waals surface area contributed by atoms with Crippen LogP contribution in [0.25, 0.3) is 0 Å². The molecule has 0 bridgehead atoms. The summed E-state index contributed by atoms with van der Waals surface area (Å²) in [6.07, 6.45) is 0.616. The van der Waals surface area contributed by atoms with Gasteiger partial charge in [0.15, 0.2) is 0 Å². The van der Waals surface area contributed by atoms with Gasteiger partial charge in [-0.2, -0.15) is 0 Å². The van der Waals surface area contributed by atoms with Gasteiger partial charge < -0.3 is 5.73 Å². The molecular weight excluding hydrogens is 157 g/mol. The van der Waals surface area contributed by atoms with E-state index in [4.69, 9.17) is 5.73 Å². The van der Waals surface area contributed by atoms with Crippen molar-refractivity contribution in [1.82, 2.24) is 0 Å². The molecule has 0 radical (unpaired) electrons. The van der Waals surface area contributed by atoms with Crippen LogP contribution in [0.1, 0.15) is 21.5 Å². The van der Waals surface area contributed by atoms with Crippen LogP contribution in [0.4, 0.5) is 4.39 Å². The van der Waals surface area contributed by atoms with Crippen molar-refractivity contribution in [2.24, 2.45) is 5.73 Å². The number of aldehydes is 1. The minimum absolute atomic E-state index is 0.259. The Labute approximate surface area is 70.2 Å². The van der Waals surface area contributed by atoms with Gasteiger partial charge in [-0.1, -0.05) is 6.07 Å². The summed E-state index contributed by atoms with van der Waals surface area (Å²) in [6, 6.07) is 2.81. The van der Waals surface area contributed by atoms with E-state index in [1.807, 2.05) is 0 Å². The van der Waals surface area contributed by atoms with Crippen molar-refractivity contribution in [3.63, 3.8) is 0 Å². The maximum Gasteiger partial charge on any atom is 0.150 e. The van der Waals surface area contributed by atoms with Crippen LogP contribution >= 0.6 is 0 Å². The van der Waals surface area contributed by atoms with Crippen molar-refractivity contribution < 1.29 is 9.18 Å². The Morgan fingerprint density at radius 2 is 2.25 bits per heavy atom. The van der Waals surface area contributed by atoms with Gasteiger partial charge in [-0.05, 0) is 24.1 Å². The maximum atomic E-state index is 12.9. The first kappa shape index (κ1) is 8.87. The largest absolute Gasteiger partial charge is 0.326 e. The zero-order valence-corrected chi connectivity index (χ0v) is 6.80. The molecule has 2 N–H and O–H groups in total.